The minimum atomic E-state index is -1.64. The number of nitrogens with one attached hydrogen (secondary N) is 1. The quantitative estimate of drug-likeness (QED) is 0.232. The second-order valence-corrected chi connectivity index (χ2v) is 9.74. The average molecular weight is 564 g/mol. The number of amides is 1. The minimum Gasteiger partial charge on any atom is -0.497 e. The molecule has 3 aromatic carbocycles. The summed E-state index contributed by atoms with van der Waals surface area (Å²) in [6.45, 7) is 0.267. The SMILES string of the molecule is COc1ccc(COc2cc(C(=O)N[C@H](Cc3ccc(-c4cccc(Cl)c4)cc3)C[C@@H](O)C(=O)O)nn2C)cc1. The fourth-order valence-corrected chi connectivity index (χ4v) is 4.37. The van der Waals surface area contributed by atoms with Crippen LogP contribution in [0.2, 0.25) is 5.02 Å². The van der Waals surface area contributed by atoms with Gasteiger partial charge >= 0.3 is 5.97 Å². The number of nitrogens with zero attached hydrogens (tertiary/aromatic N) is 2. The first-order valence-corrected chi connectivity index (χ1v) is 13.0. The number of benzene rings is 3. The summed E-state index contributed by atoms with van der Waals surface area (Å²) >= 11 is 6.10. The van der Waals surface area contributed by atoms with Crippen molar-refractivity contribution in [3.8, 4) is 22.8 Å². The molecule has 0 saturated carbocycles. The van der Waals surface area contributed by atoms with E-state index in [1.165, 1.54) is 10.7 Å². The molecule has 4 aromatic rings. The molecule has 0 aliphatic carbocycles. The second kappa shape index (κ2) is 13.1. The number of aryl methyl sites for hydroxylation is 1. The van der Waals surface area contributed by atoms with E-state index in [4.69, 9.17) is 21.1 Å². The lowest BCUT2D eigenvalue weighted by molar-refractivity contribution is -0.147. The number of aliphatic hydroxyl groups is 1. The third kappa shape index (κ3) is 7.62. The fourth-order valence-electron chi connectivity index (χ4n) is 4.18. The number of carbonyl (C=O) groups excluding carboxylic acids is 1. The van der Waals surface area contributed by atoms with Crippen molar-refractivity contribution < 1.29 is 29.3 Å². The first-order chi connectivity index (χ1) is 19.2. The summed E-state index contributed by atoms with van der Waals surface area (Å²) in [7, 11) is 3.26. The molecule has 0 saturated heterocycles. The number of aliphatic hydroxyl groups excluding tert-OH is 1. The lowest BCUT2D eigenvalue weighted by Crippen LogP contribution is -2.40. The maximum absolute atomic E-state index is 13.1. The Kier molecular flexibility index (Phi) is 9.42. The standard InChI is InChI=1S/C30H30ClN3O6/c1-34-28(40-18-20-8-12-25(39-2)13-9-20)17-26(33-34)29(36)32-24(16-27(35)30(37)38)14-19-6-10-21(11-7-19)22-4-3-5-23(31)15-22/h3-13,15,17,24,27,35H,14,16,18H2,1-2H3,(H,32,36)(H,37,38)/t24-,27-/m1/s1. The molecule has 0 fully saturated rings. The van der Waals surface area contributed by atoms with Gasteiger partial charge in [0.25, 0.3) is 5.91 Å². The van der Waals surface area contributed by atoms with Gasteiger partial charge in [0, 0.05) is 30.6 Å². The van der Waals surface area contributed by atoms with Gasteiger partial charge in [-0.2, -0.15) is 5.10 Å². The molecule has 1 aromatic heterocycles. The highest BCUT2D eigenvalue weighted by Crippen LogP contribution is 2.24. The molecule has 1 heterocycles. The molecule has 10 heteroatoms. The van der Waals surface area contributed by atoms with E-state index in [1.807, 2.05) is 66.7 Å². The third-order valence-electron chi connectivity index (χ3n) is 6.34. The van der Waals surface area contributed by atoms with Gasteiger partial charge in [-0.05, 0) is 52.9 Å². The number of hydrogen-bond acceptors (Lipinski definition) is 6. The Bertz CT molecular complexity index is 1450. The zero-order chi connectivity index (χ0) is 28.6. The van der Waals surface area contributed by atoms with Crippen molar-refractivity contribution in [1.82, 2.24) is 15.1 Å². The van der Waals surface area contributed by atoms with Crippen LogP contribution < -0.4 is 14.8 Å². The lowest BCUT2D eigenvalue weighted by Gasteiger charge is -2.20. The Labute approximate surface area is 236 Å². The Hall–Kier alpha value is -4.34. The molecular formula is C30H30ClN3O6. The molecule has 0 bridgehead atoms. The summed E-state index contributed by atoms with van der Waals surface area (Å²) in [6.07, 6.45) is -1.51. The second-order valence-electron chi connectivity index (χ2n) is 9.30. The minimum absolute atomic E-state index is 0.110. The molecule has 1 amide bonds. The fraction of sp³-hybridized carbons (Fsp3) is 0.233. The molecular weight excluding hydrogens is 534 g/mol. The zero-order valence-electron chi connectivity index (χ0n) is 22.1. The maximum atomic E-state index is 13.1. The van der Waals surface area contributed by atoms with Crippen LogP contribution in [0.15, 0.2) is 78.9 Å². The molecule has 0 spiro atoms. The van der Waals surface area contributed by atoms with E-state index in [2.05, 4.69) is 10.4 Å². The van der Waals surface area contributed by atoms with Crippen molar-refractivity contribution in [2.75, 3.05) is 7.11 Å². The number of carboxylic acids is 1. The monoisotopic (exact) mass is 563 g/mol. The van der Waals surface area contributed by atoms with E-state index in [1.54, 1.807) is 20.2 Å². The average Bonchev–Trinajstić information content (AvgIpc) is 3.33. The van der Waals surface area contributed by atoms with Crippen LogP contribution in [-0.4, -0.2) is 51.1 Å². The van der Waals surface area contributed by atoms with Gasteiger partial charge < -0.3 is 25.0 Å². The van der Waals surface area contributed by atoms with Crippen LogP contribution in [0.5, 0.6) is 11.6 Å². The number of carbonyl (C=O) groups is 2. The van der Waals surface area contributed by atoms with Crippen molar-refractivity contribution in [2.24, 2.45) is 7.05 Å². The van der Waals surface area contributed by atoms with Gasteiger partial charge in [-0.1, -0.05) is 60.1 Å². The molecule has 208 valence electrons. The molecule has 2 atom stereocenters. The van der Waals surface area contributed by atoms with Gasteiger partial charge in [-0.3, -0.25) is 4.79 Å². The van der Waals surface area contributed by atoms with Crippen molar-refractivity contribution in [3.63, 3.8) is 0 Å². The van der Waals surface area contributed by atoms with Gasteiger partial charge in [-0.25, -0.2) is 9.48 Å². The number of hydrogen-bond donors (Lipinski definition) is 3. The predicted octanol–water partition coefficient (Wildman–Crippen LogP) is 4.50. The zero-order valence-corrected chi connectivity index (χ0v) is 22.8. The van der Waals surface area contributed by atoms with Crippen molar-refractivity contribution in [1.29, 1.82) is 0 Å². The Balaban J connectivity index is 1.43. The summed E-state index contributed by atoms with van der Waals surface area (Å²) in [5.41, 5.74) is 3.81. The number of rotatable bonds is 12. The van der Waals surface area contributed by atoms with Crippen LogP contribution in [0, 0.1) is 0 Å². The van der Waals surface area contributed by atoms with E-state index in [0.717, 1.165) is 28.0 Å². The Morgan fingerprint density at radius 2 is 1.70 bits per heavy atom. The van der Waals surface area contributed by atoms with Gasteiger partial charge in [0.15, 0.2) is 11.8 Å². The van der Waals surface area contributed by atoms with Gasteiger partial charge in [0.05, 0.1) is 7.11 Å². The van der Waals surface area contributed by atoms with Crippen LogP contribution in [0.1, 0.15) is 28.0 Å². The number of carboxylic acid groups (broad SMARTS) is 1. The van der Waals surface area contributed by atoms with Gasteiger partial charge in [0.1, 0.15) is 12.4 Å². The van der Waals surface area contributed by atoms with E-state index in [0.29, 0.717) is 17.3 Å². The largest absolute Gasteiger partial charge is 0.497 e. The summed E-state index contributed by atoms with van der Waals surface area (Å²) in [4.78, 5) is 24.4. The molecule has 9 nitrogen and oxygen atoms in total. The summed E-state index contributed by atoms with van der Waals surface area (Å²) < 4.78 is 12.4. The third-order valence-corrected chi connectivity index (χ3v) is 6.57. The molecule has 3 N–H and O–H groups in total. The van der Waals surface area contributed by atoms with Crippen LogP contribution in [0.25, 0.3) is 11.1 Å². The number of halogens is 1. The number of aliphatic carboxylic acids is 1. The Morgan fingerprint density at radius 3 is 2.35 bits per heavy atom. The van der Waals surface area contributed by atoms with E-state index in [-0.39, 0.29) is 18.7 Å². The molecule has 0 aliphatic rings. The topological polar surface area (TPSA) is 123 Å². The lowest BCUT2D eigenvalue weighted by atomic mass is 9.97. The van der Waals surface area contributed by atoms with E-state index < -0.39 is 24.0 Å². The first kappa shape index (κ1) is 28.7. The molecule has 4 rings (SSSR count). The highest BCUT2D eigenvalue weighted by Gasteiger charge is 2.24. The molecule has 40 heavy (non-hydrogen) atoms. The number of ether oxygens (including phenoxy) is 2. The first-order valence-electron chi connectivity index (χ1n) is 12.6. The number of aromatic nitrogens is 2. The van der Waals surface area contributed by atoms with Gasteiger partial charge in [-0.15, -0.1) is 0 Å². The smallest absolute Gasteiger partial charge is 0.332 e. The highest BCUT2D eigenvalue weighted by molar-refractivity contribution is 6.30. The van der Waals surface area contributed by atoms with Crippen LogP contribution >= 0.6 is 11.6 Å². The van der Waals surface area contributed by atoms with E-state index in [9.17, 15) is 19.8 Å². The molecule has 0 radical (unpaired) electrons. The van der Waals surface area contributed by atoms with E-state index >= 15 is 0 Å². The summed E-state index contributed by atoms with van der Waals surface area (Å²) in [6, 6.07) is 23.4. The number of methoxy groups -OCH3 is 1. The predicted molar refractivity (Wildman–Crippen MR) is 151 cm³/mol. The Morgan fingerprint density at radius 1 is 1.00 bits per heavy atom. The van der Waals surface area contributed by atoms with Crippen LogP contribution in [0.3, 0.4) is 0 Å². The van der Waals surface area contributed by atoms with Crippen LogP contribution in [0.4, 0.5) is 0 Å². The molecule has 0 aliphatic heterocycles. The summed E-state index contributed by atoms with van der Waals surface area (Å²) in [5, 5.41) is 27.0. The normalized spacial score (nSPS) is 12.4. The molecule has 0 unspecified atom stereocenters. The van der Waals surface area contributed by atoms with Crippen molar-refractivity contribution in [2.45, 2.75) is 31.6 Å². The summed E-state index contributed by atoms with van der Waals surface area (Å²) in [5.74, 6) is -0.738. The maximum Gasteiger partial charge on any atom is 0.332 e. The highest BCUT2D eigenvalue weighted by atomic mass is 35.5. The van der Waals surface area contributed by atoms with Crippen molar-refractivity contribution in [3.05, 3.63) is 101 Å². The van der Waals surface area contributed by atoms with Crippen molar-refractivity contribution >= 4 is 23.5 Å². The van der Waals surface area contributed by atoms with Gasteiger partial charge in [0.2, 0.25) is 5.88 Å². The van der Waals surface area contributed by atoms with Crippen LogP contribution in [-0.2, 0) is 24.9 Å².